The Morgan fingerprint density at radius 3 is 1.82 bits per heavy atom. The molecule has 1 aliphatic heterocycles. The van der Waals surface area contributed by atoms with Gasteiger partial charge in [0.25, 0.3) is 0 Å². The fraction of sp³-hybridized carbons (Fsp3) is 0.857. The predicted octanol–water partition coefficient (Wildman–Crippen LogP) is -0.578. The average Bonchev–Trinajstić information content (AvgIpc) is 3.81. The van der Waals surface area contributed by atoms with Crippen LogP contribution in [0.5, 0.6) is 0 Å². The van der Waals surface area contributed by atoms with Crippen LogP contribution >= 0.6 is 10.5 Å². The number of nitrogens with one attached hydrogen (secondary N) is 4. The quantitative estimate of drug-likeness (QED) is 0.0372. The number of carbonyl (C=O) groups is 4. The van der Waals surface area contributed by atoms with E-state index in [1.54, 1.807) is 6.92 Å². The minimum Gasteiger partial charge on any atom is -0.481 e. The van der Waals surface area contributed by atoms with Crippen molar-refractivity contribution in [2.24, 2.45) is 23.5 Å². The first-order chi connectivity index (χ1) is 23.7. The lowest BCUT2D eigenvalue weighted by Gasteiger charge is -2.38. The zero-order valence-electron chi connectivity index (χ0n) is 31.8. The van der Waals surface area contributed by atoms with Crippen LogP contribution in [0.15, 0.2) is 0 Å². The number of carboxylic acids is 1. The zero-order valence-corrected chi connectivity index (χ0v) is 32.6. The van der Waals surface area contributed by atoms with Gasteiger partial charge < -0.3 is 52.3 Å². The van der Waals surface area contributed by atoms with Gasteiger partial charge in [0.05, 0.1) is 41.9 Å². The first kappa shape index (κ1) is 47.0. The molecule has 0 radical (unpaired) electrons. The highest BCUT2D eigenvalue weighted by Gasteiger charge is 2.42. The van der Waals surface area contributed by atoms with Crippen molar-refractivity contribution in [2.45, 2.75) is 141 Å². The first-order valence-electron chi connectivity index (χ1n) is 18.2. The summed E-state index contributed by atoms with van der Waals surface area (Å²) < 4.78 is 0. The molecule has 0 aromatic carbocycles. The fourth-order valence-corrected chi connectivity index (χ4v) is 7.49. The van der Waals surface area contributed by atoms with E-state index in [-0.39, 0.29) is 24.5 Å². The van der Waals surface area contributed by atoms with Gasteiger partial charge in [-0.1, -0.05) is 48.5 Å². The molecule has 16 heteroatoms. The van der Waals surface area contributed by atoms with Crippen molar-refractivity contribution in [1.82, 2.24) is 21.3 Å². The third-order valence-electron chi connectivity index (χ3n) is 10.4. The van der Waals surface area contributed by atoms with E-state index in [1.165, 1.54) is 11.8 Å². The second-order valence-electron chi connectivity index (χ2n) is 14.4. The van der Waals surface area contributed by atoms with Crippen molar-refractivity contribution < 1.29 is 49.8 Å². The minimum atomic E-state index is -1.87. The summed E-state index contributed by atoms with van der Waals surface area (Å²) in [7, 11) is 0.356. The number of carboxylic acid groups (broad SMARTS) is 1. The van der Waals surface area contributed by atoms with Gasteiger partial charge in [-0.15, -0.1) is 0 Å². The summed E-state index contributed by atoms with van der Waals surface area (Å²) in [5, 5.41) is 70.6. The van der Waals surface area contributed by atoms with Crippen molar-refractivity contribution in [3.63, 3.8) is 0 Å². The molecular weight excluding hydrogens is 682 g/mol. The van der Waals surface area contributed by atoms with Crippen molar-refractivity contribution in [1.29, 1.82) is 0 Å². The van der Waals surface area contributed by atoms with Gasteiger partial charge in [0.15, 0.2) is 5.78 Å². The van der Waals surface area contributed by atoms with Crippen LogP contribution in [0, 0.1) is 17.8 Å². The van der Waals surface area contributed by atoms with E-state index in [0.717, 1.165) is 12.2 Å². The molecule has 0 saturated heterocycles. The summed E-state index contributed by atoms with van der Waals surface area (Å²) in [6.45, 7) is 11.8. The molecule has 0 aromatic heterocycles. The summed E-state index contributed by atoms with van der Waals surface area (Å²) in [5.41, 5.74) is 4.47. The van der Waals surface area contributed by atoms with Gasteiger partial charge >= 0.3 is 5.97 Å². The van der Waals surface area contributed by atoms with E-state index in [0.29, 0.717) is 42.7 Å². The Labute approximate surface area is 305 Å². The number of rotatable bonds is 27. The molecule has 1 heterocycles. The number of Topliss-reactive ketones (excluding diaryl/α,β-unsaturated/α-hetero) is 1. The largest absolute Gasteiger partial charge is 0.481 e. The lowest BCUT2D eigenvalue weighted by molar-refractivity contribution is -0.142. The summed E-state index contributed by atoms with van der Waals surface area (Å²) in [5.74, 6) is -3.07. The molecule has 0 fully saturated rings. The number of hydrogen-bond acceptors (Lipinski definition) is 12. The molecule has 0 saturated carbocycles. The Kier molecular flexibility index (Phi) is 19.9. The molecule has 0 aromatic rings. The number of hydrogen-bond donors (Lipinski definition) is 11. The van der Waals surface area contributed by atoms with Crippen molar-refractivity contribution in [2.75, 3.05) is 31.7 Å². The maximum Gasteiger partial charge on any atom is 0.306 e. The molecule has 12 N–H and O–H groups in total. The van der Waals surface area contributed by atoms with Crippen LogP contribution in [0.25, 0.3) is 0 Å². The standard InChI is InChI=1S/C35H67N5O10S/c1-9-34(10-2,38-16-20(5)13-23-19-51(23)8)30(46)24(14-21(6)31(47)37-17-26(42)28(44)29(45)27(43)18-41)39-32(48)25(15-22(7)33(49)50)40-35(36,11-3)12-4/h20-22,24-29,38,40-45H,9-19,36H2,1-8H3,(H,37,47)(H,39,48)(H,49,50). The van der Waals surface area contributed by atoms with Crippen molar-refractivity contribution in [3.05, 3.63) is 0 Å². The summed E-state index contributed by atoms with van der Waals surface area (Å²) in [6.07, 6.45) is -2.52. The van der Waals surface area contributed by atoms with Crippen molar-refractivity contribution >= 4 is 38.9 Å². The Hall–Kier alpha value is -2.02. The van der Waals surface area contributed by atoms with Gasteiger partial charge in [0.1, 0.15) is 18.3 Å². The monoisotopic (exact) mass is 749 g/mol. The second kappa shape index (κ2) is 21.6. The van der Waals surface area contributed by atoms with Crippen LogP contribution in [-0.4, -0.2) is 138 Å². The van der Waals surface area contributed by atoms with Crippen LogP contribution in [0.3, 0.4) is 0 Å². The summed E-state index contributed by atoms with van der Waals surface area (Å²) in [6, 6.07) is -2.25. The normalized spacial score (nSPS) is 20.3. The number of amides is 2. The molecule has 0 aliphatic carbocycles. The molecule has 51 heavy (non-hydrogen) atoms. The highest BCUT2D eigenvalue weighted by molar-refractivity contribution is 8.23. The van der Waals surface area contributed by atoms with E-state index in [2.05, 4.69) is 34.4 Å². The molecule has 1 aliphatic rings. The Morgan fingerprint density at radius 2 is 1.35 bits per heavy atom. The van der Waals surface area contributed by atoms with Crippen LogP contribution < -0.4 is 27.0 Å². The maximum absolute atomic E-state index is 14.6. The lowest BCUT2D eigenvalue weighted by atomic mass is 9.81. The van der Waals surface area contributed by atoms with Gasteiger partial charge in [-0.25, -0.2) is 0 Å². The molecule has 0 spiro atoms. The summed E-state index contributed by atoms with van der Waals surface area (Å²) >= 11 is 0. The molecule has 10 unspecified atom stereocenters. The van der Waals surface area contributed by atoms with E-state index in [1.807, 2.05) is 27.7 Å². The second-order valence-corrected chi connectivity index (χ2v) is 16.6. The Morgan fingerprint density at radius 1 is 0.824 bits per heavy atom. The molecule has 0 bridgehead atoms. The number of nitrogens with two attached hydrogens (primary N) is 1. The lowest BCUT2D eigenvalue weighted by Crippen LogP contribution is -2.64. The Bertz CT molecular complexity index is 1180. The van der Waals surface area contributed by atoms with Gasteiger partial charge in [0, 0.05) is 18.2 Å². The van der Waals surface area contributed by atoms with E-state index in [4.69, 9.17) is 10.8 Å². The van der Waals surface area contributed by atoms with Gasteiger partial charge in [-0.05, 0) is 68.5 Å². The van der Waals surface area contributed by atoms with Crippen LogP contribution in [-0.2, 0) is 19.2 Å². The number of carbonyl (C=O) groups excluding carboxylic acids is 3. The van der Waals surface area contributed by atoms with Gasteiger partial charge in [0.2, 0.25) is 11.8 Å². The summed E-state index contributed by atoms with van der Waals surface area (Å²) in [4.78, 5) is 55.2. The topological polar surface area (TPSA) is 264 Å². The predicted molar refractivity (Wildman–Crippen MR) is 199 cm³/mol. The fourth-order valence-electron chi connectivity index (χ4n) is 6.03. The van der Waals surface area contributed by atoms with E-state index >= 15 is 0 Å². The molecule has 15 nitrogen and oxygen atoms in total. The van der Waals surface area contributed by atoms with Crippen LogP contribution in [0.1, 0.15) is 93.4 Å². The maximum atomic E-state index is 14.6. The SMILES string of the molecule is CCC(N)(CC)NC(CC(C)C(=O)O)C(=O)NC(CC(C)C(=O)NCC(O)C(O)C(O)C(O)CO)C(=O)C(CC)(CC)NCC(C)CC1=S(C)C1. The van der Waals surface area contributed by atoms with Gasteiger partial charge in [-0.3, -0.25) is 24.5 Å². The molecule has 2 amide bonds. The first-order valence-corrected chi connectivity index (χ1v) is 20.0. The minimum absolute atomic E-state index is 0.103. The zero-order chi connectivity index (χ0) is 39.3. The molecular formula is C35H67N5O10S. The van der Waals surface area contributed by atoms with E-state index in [9.17, 15) is 44.7 Å². The highest BCUT2D eigenvalue weighted by atomic mass is 32.2. The van der Waals surface area contributed by atoms with E-state index < -0.39 is 90.5 Å². The average molecular weight is 750 g/mol. The van der Waals surface area contributed by atoms with Gasteiger partial charge in [-0.2, -0.15) is 10.5 Å². The number of aliphatic carboxylic acids is 1. The smallest absolute Gasteiger partial charge is 0.306 e. The molecule has 1 rings (SSSR count). The van der Waals surface area contributed by atoms with Crippen molar-refractivity contribution in [3.8, 4) is 0 Å². The van der Waals surface area contributed by atoms with Crippen LogP contribution in [0.4, 0.5) is 0 Å². The Balaban J connectivity index is 3.38. The number of aliphatic hydroxyl groups excluding tert-OH is 5. The highest BCUT2D eigenvalue weighted by Crippen LogP contribution is 2.31. The van der Waals surface area contributed by atoms with Crippen LogP contribution in [0.2, 0.25) is 0 Å². The number of ketones is 1. The third kappa shape index (κ3) is 14.4. The number of aliphatic hydroxyl groups is 5. The molecule has 298 valence electrons. The third-order valence-corrected chi connectivity index (χ3v) is 12.1. The molecule has 10 atom stereocenters.